The van der Waals surface area contributed by atoms with E-state index in [-0.39, 0.29) is 36.4 Å². The van der Waals surface area contributed by atoms with Gasteiger partial charge < -0.3 is 31.2 Å². The summed E-state index contributed by atoms with van der Waals surface area (Å²) in [6.45, 7) is -0.666. The Bertz CT molecular complexity index is 1040. The van der Waals surface area contributed by atoms with Gasteiger partial charge in [0.15, 0.2) is 23.3 Å². The molecule has 0 bridgehead atoms. The first kappa shape index (κ1) is 24.1. The van der Waals surface area contributed by atoms with Crippen LogP contribution >= 0.6 is 0 Å². The molecule has 0 saturated carbocycles. The number of hydrogen-bond acceptors (Lipinski definition) is 12. The summed E-state index contributed by atoms with van der Waals surface area (Å²) in [5.74, 6) is 0.575. The molecule has 0 aliphatic carbocycles. The van der Waals surface area contributed by atoms with E-state index in [4.69, 9.17) is 31.2 Å². The van der Waals surface area contributed by atoms with Gasteiger partial charge in [0.1, 0.15) is 11.6 Å². The molecule has 0 radical (unpaired) electrons. The van der Waals surface area contributed by atoms with Crippen LogP contribution < -0.4 is 22.8 Å². The molecule has 4 heterocycles. The van der Waals surface area contributed by atoms with Gasteiger partial charge in [0.05, 0.1) is 46.3 Å². The van der Waals surface area contributed by atoms with Crippen molar-refractivity contribution >= 4 is 33.2 Å². The van der Waals surface area contributed by atoms with Crippen LogP contribution in [0.5, 0.6) is 0 Å². The van der Waals surface area contributed by atoms with Crippen molar-refractivity contribution in [3.8, 4) is 0 Å². The Hall–Kier alpha value is -2.50. The van der Waals surface area contributed by atoms with Crippen molar-refractivity contribution in [1.29, 1.82) is 0 Å². The zero-order valence-corrected chi connectivity index (χ0v) is 18.2. The van der Waals surface area contributed by atoms with Gasteiger partial charge in [-0.1, -0.05) is 0 Å². The summed E-state index contributed by atoms with van der Waals surface area (Å²) >= 11 is 0. The number of nitrogen functional groups attached to an aromatic ring is 2. The molecule has 6 atom stereocenters. The molecule has 176 valence electrons. The second-order valence-corrected chi connectivity index (χ2v) is 9.83. The lowest BCUT2D eigenvalue weighted by Gasteiger charge is -2.12. The summed E-state index contributed by atoms with van der Waals surface area (Å²) in [7, 11) is -2.59. The Morgan fingerprint density at radius 2 is 1.25 bits per heavy atom. The number of aliphatic hydroxyl groups excluding tert-OH is 2. The number of aliphatic hydroxyl groups is 2. The minimum atomic E-state index is -1.30. The van der Waals surface area contributed by atoms with Crippen molar-refractivity contribution in [3.05, 3.63) is 45.5 Å². The SMILES string of the molecule is Nc1cc[15n]([C@@H]2C[S@@](=O)[C@H](CO)O2)[13c](=O)[15n]1.Nc1cc[15n]([C@@H]2C[S@](=O)[C@H](CO)O2)[13c](=O)[15n]1. The van der Waals surface area contributed by atoms with Crippen LogP contribution in [0.3, 0.4) is 0 Å². The summed E-state index contributed by atoms with van der Waals surface area (Å²) in [6, 6.07) is 2.92. The summed E-state index contributed by atoms with van der Waals surface area (Å²) in [5, 5.41) is 17.7. The zero-order valence-electron chi connectivity index (χ0n) is 16.6. The number of ether oxygens (including phenoxy) is 2. The third-order valence-corrected chi connectivity index (χ3v) is 7.36. The summed E-state index contributed by atoms with van der Waals surface area (Å²) < 4.78 is 35.8. The van der Waals surface area contributed by atoms with Crippen molar-refractivity contribution in [3.63, 3.8) is 0 Å². The third-order valence-electron chi connectivity index (χ3n) is 4.44. The zero-order chi connectivity index (χ0) is 23.4. The summed E-state index contributed by atoms with van der Waals surface area (Å²) in [6.07, 6.45) is 1.57. The molecule has 0 amide bonds. The van der Waals surface area contributed by atoms with E-state index in [1.54, 1.807) is 0 Å². The maximum atomic E-state index is 11.5. The molecule has 0 unspecified atom stereocenters. The number of rotatable bonds is 4. The number of anilines is 2. The van der Waals surface area contributed by atoms with Gasteiger partial charge in [0.2, 0.25) is 0 Å². The van der Waals surface area contributed by atoms with E-state index < -0.39 is 56.3 Å². The standard InChI is InChI=1S/2C8H11N3O4S/c2*9-5-1-2-11(8(13)10-5)6-4-16(14)7(3-12)15-6/h2*1-2,6-7,12H,3-4H2,(H2,9,10,13)/t6-,7+,16+;6-,7+,16-/m00/s1/i2*8+1,10+1,11+1. The first-order valence-electron chi connectivity index (χ1n) is 9.19. The number of aromatic nitrogens is 4. The number of nitrogens with zero attached hydrogens (tertiary/aromatic N) is 4. The minimum Gasteiger partial charge on any atom is -0.393 e. The second kappa shape index (κ2) is 10.4. The van der Waals surface area contributed by atoms with E-state index in [2.05, 4.69) is 9.97 Å². The van der Waals surface area contributed by atoms with Crippen LogP contribution in [0.2, 0.25) is 0 Å². The third kappa shape index (κ3) is 5.45. The molecule has 32 heavy (non-hydrogen) atoms. The minimum absolute atomic E-state index is 0.124. The van der Waals surface area contributed by atoms with Crippen LogP contribution in [0.4, 0.5) is 11.6 Å². The number of nitrogens with two attached hydrogens (primary N) is 2. The number of hydrogen-bond donors (Lipinski definition) is 4. The molecule has 16 heteroatoms. The maximum Gasteiger partial charge on any atom is 0.351 e. The lowest BCUT2D eigenvalue weighted by molar-refractivity contribution is -0.00706. The molecule has 2 aromatic heterocycles. The van der Waals surface area contributed by atoms with Crippen LogP contribution in [0, 0.1) is 0 Å². The van der Waals surface area contributed by atoms with Crippen LogP contribution in [0.15, 0.2) is 34.1 Å². The van der Waals surface area contributed by atoms with Gasteiger partial charge in [-0.3, -0.25) is 17.6 Å². The molecule has 2 aliphatic heterocycles. The summed E-state index contributed by atoms with van der Waals surface area (Å²) in [4.78, 5) is 30.0. The fraction of sp³-hybridized carbons (Fsp3) is 0.500. The van der Waals surface area contributed by atoms with Crippen molar-refractivity contribution < 1.29 is 28.1 Å². The average molecular weight is 496 g/mol. The van der Waals surface area contributed by atoms with Crippen LogP contribution in [-0.4, -0.2) is 73.3 Å². The van der Waals surface area contributed by atoms with Gasteiger partial charge in [-0.15, -0.1) is 0 Å². The van der Waals surface area contributed by atoms with Gasteiger partial charge in [0, 0.05) is 12.4 Å². The van der Waals surface area contributed by atoms with E-state index in [9.17, 15) is 18.0 Å². The molecular weight excluding hydrogens is 474 g/mol. The molecule has 4 rings (SSSR count). The highest BCUT2D eigenvalue weighted by atomic mass is 32.2. The topological polar surface area (TPSA) is 215 Å². The average Bonchev–Trinajstić information content (AvgIpc) is 3.30. The van der Waals surface area contributed by atoms with Gasteiger partial charge in [-0.2, -0.15) is 9.97 Å². The Labute approximate surface area is 185 Å². The fourth-order valence-electron chi connectivity index (χ4n) is 2.88. The van der Waals surface area contributed by atoms with Crippen molar-refractivity contribution in [1.82, 2.24) is 19.1 Å². The van der Waals surface area contributed by atoms with Gasteiger partial charge in [-0.25, -0.2) is 9.59 Å². The van der Waals surface area contributed by atoms with Gasteiger partial charge in [-0.05, 0) is 12.1 Å². The molecule has 2 saturated heterocycles. The van der Waals surface area contributed by atoms with Crippen molar-refractivity contribution in [2.75, 3.05) is 36.2 Å². The molecule has 2 aromatic rings. The van der Waals surface area contributed by atoms with E-state index in [1.807, 2.05) is 0 Å². The monoisotopic (exact) mass is 496 g/mol. The molecular formula is C16H22N6O8S2. The normalized spacial score (nSPS) is 29.4. The van der Waals surface area contributed by atoms with Crippen LogP contribution in [-0.2, 0) is 31.1 Å². The Balaban J connectivity index is 0.000000181. The maximum absolute atomic E-state index is 11.5. The summed E-state index contributed by atoms with van der Waals surface area (Å²) in [5.41, 5.74) is 8.09. The van der Waals surface area contributed by atoms with E-state index in [0.717, 1.165) is 0 Å². The highest BCUT2D eigenvalue weighted by Gasteiger charge is 2.34. The van der Waals surface area contributed by atoms with E-state index in [0.29, 0.717) is 0 Å². The van der Waals surface area contributed by atoms with Gasteiger partial charge in [0.25, 0.3) is 0 Å². The molecule has 0 spiro atoms. The van der Waals surface area contributed by atoms with Crippen molar-refractivity contribution in [2.45, 2.75) is 23.3 Å². The van der Waals surface area contributed by atoms with E-state index in [1.165, 1.54) is 33.7 Å². The quantitative estimate of drug-likeness (QED) is 0.330. The van der Waals surface area contributed by atoms with Crippen molar-refractivity contribution in [2.24, 2.45) is 0 Å². The molecule has 14 nitrogen and oxygen atoms in total. The highest BCUT2D eigenvalue weighted by molar-refractivity contribution is 7.86. The molecule has 2 aliphatic rings. The molecule has 2 fully saturated rings. The smallest absolute Gasteiger partial charge is 0.351 e. The van der Waals surface area contributed by atoms with E-state index >= 15 is 0 Å². The lowest BCUT2D eigenvalue weighted by Crippen LogP contribution is -2.28. The second-order valence-electron chi connectivity index (χ2n) is 6.59. The largest absolute Gasteiger partial charge is 0.393 e. The van der Waals surface area contributed by atoms with Crippen LogP contribution in [0.25, 0.3) is 0 Å². The highest BCUT2D eigenvalue weighted by Crippen LogP contribution is 2.23. The Kier molecular flexibility index (Phi) is 7.86. The molecule has 6 N–H and O–H groups in total. The molecule has 0 aromatic carbocycles. The van der Waals surface area contributed by atoms with Crippen LogP contribution in [0.1, 0.15) is 12.5 Å². The fourth-order valence-corrected chi connectivity index (χ4v) is 5.19. The Morgan fingerprint density at radius 3 is 1.53 bits per heavy atom. The lowest BCUT2D eigenvalue weighted by atomic mass is 10.6. The first-order chi connectivity index (χ1) is 15.2. The predicted octanol–water partition coefficient (Wildman–Crippen LogP) is -3.16. The Morgan fingerprint density at radius 1 is 0.875 bits per heavy atom. The first-order valence-corrected chi connectivity index (χ1v) is 12.0. The van der Waals surface area contributed by atoms with Gasteiger partial charge >= 0.3 is 11.4 Å². The predicted molar refractivity (Wildman–Crippen MR) is 114 cm³/mol.